The Morgan fingerprint density at radius 3 is 2.80 bits per heavy atom. The Morgan fingerprint density at radius 1 is 1.25 bits per heavy atom. The Hall–Kier alpha value is -2.14. The molecule has 0 spiro atoms. The molecule has 0 aliphatic heterocycles. The molecule has 0 unspecified atom stereocenters. The second-order valence-corrected chi connectivity index (χ2v) is 4.82. The van der Waals surface area contributed by atoms with Gasteiger partial charge in [0, 0.05) is 10.0 Å². The topological polar surface area (TPSA) is 50.7 Å². The van der Waals surface area contributed by atoms with Gasteiger partial charge in [-0.1, -0.05) is 40.2 Å². The lowest BCUT2D eigenvalue weighted by Gasteiger charge is -2.03. The first-order valence-corrected chi connectivity index (χ1v) is 6.72. The summed E-state index contributed by atoms with van der Waals surface area (Å²) in [5, 5.41) is 4.14. The van der Waals surface area contributed by atoms with Crippen molar-refractivity contribution in [2.75, 3.05) is 12.5 Å². The average Bonchev–Trinajstić information content (AvgIpc) is 2.49. The van der Waals surface area contributed by atoms with Crippen molar-refractivity contribution in [1.29, 1.82) is 0 Å². The number of rotatable bonds is 4. The van der Waals surface area contributed by atoms with E-state index in [-0.39, 0.29) is 5.97 Å². The minimum Gasteiger partial charge on any atom is -0.465 e. The molecule has 0 fully saturated rings. The molecule has 0 saturated carbocycles. The quantitative estimate of drug-likeness (QED) is 0.527. The Balaban J connectivity index is 2.08. The molecule has 2 aromatic rings. The van der Waals surface area contributed by atoms with E-state index in [1.807, 2.05) is 30.3 Å². The van der Waals surface area contributed by atoms with Crippen molar-refractivity contribution in [3.8, 4) is 0 Å². The maximum absolute atomic E-state index is 11.4. The van der Waals surface area contributed by atoms with E-state index in [1.54, 1.807) is 24.4 Å². The van der Waals surface area contributed by atoms with Crippen molar-refractivity contribution in [2.24, 2.45) is 5.10 Å². The van der Waals surface area contributed by atoms with Gasteiger partial charge >= 0.3 is 5.97 Å². The SMILES string of the molecule is COC(=O)c1cccc(N/N=C/c2ccccc2Br)c1. The number of hydrazone groups is 1. The van der Waals surface area contributed by atoms with Crippen molar-refractivity contribution in [3.63, 3.8) is 0 Å². The van der Waals surface area contributed by atoms with Gasteiger partial charge in [0.2, 0.25) is 0 Å². The van der Waals surface area contributed by atoms with Crippen LogP contribution < -0.4 is 5.43 Å². The molecule has 0 amide bonds. The van der Waals surface area contributed by atoms with Crippen LogP contribution in [0.4, 0.5) is 5.69 Å². The van der Waals surface area contributed by atoms with E-state index in [0.717, 1.165) is 15.7 Å². The summed E-state index contributed by atoms with van der Waals surface area (Å²) in [6, 6.07) is 14.7. The van der Waals surface area contributed by atoms with Gasteiger partial charge in [-0.05, 0) is 24.3 Å². The maximum Gasteiger partial charge on any atom is 0.337 e. The molecule has 0 aliphatic carbocycles. The number of anilines is 1. The second kappa shape index (κ2) is 6.86. The molecule has 0 atom stereocenters. The number of carbonyl (C=O) groups excluding carboxylic acids is 1. The molecular formula is C15H13BrN2O2. The predicted molar refractivity (Wildman–Crippen MR) is 83.1 cm³/mol. The molecule has 0 aromatic heterocycles. The Morgan fingerprint density at radius 2 is 2.05 bits per heavy atom. The smallest absolute Gasteiger partial charge is 0.337 e. The first-order valence-electron chi connectivity index (χ1n) is 5.92. The maximum atomic E-state index is 11.4. The van der Waals surface area contributed by atoms with E-state index in [1.165, 1.54) is 7.11 Å². The molecule has 5 heteroatoms. The van der Waals surface area contributed by atoms with Crippen LogP contribution in [0.15, 0.2) is 58.1 Å². The average molecular weight is 333 g/mol. The number of hydrogen-bond acceptors (Lipinski definition) is 4. The van der Waals surface area contributed by atoms with E-state index in [4.69, 9.17) is 0 Å². The largest absolute Gasteiger partial charge is 0.465 e. The summed E-state index contributed by atoms with van der Waals surface area (Å²) >= 11 is 3.44. The van der Waals surface area contributed by atoms with Gasteiger partial charge in [-0.15, -0.1) is 0 Å². The number of hydrogen-bond donors (Lipinski definition) is 1. The molecule has 0 aliphatic rings. The third kappa shape index (κ3) is 3.68. The molecule has 102 valence electrons. The fraction of sp³-hybridized carbons (Fsp3) is 0.0667. The fourth-order valence-electron chi connectivity index (χ4n) is 1.59. The van der Waals surface area contributed by atoms with Crippen LogP contribution in [-0.2, 0) is 4.74 Å². The summed E-state index contributed by atoms with van der Waals surface area (Å²) in [6.07, 6.45) is 1.70. The number of benzene rings is 2. The standard InChI is InChI=1S/C15H13BrN2O2/c1-20-15(19)11-6-4-7-13(9-11)18-17-10-12-5-2-3-8-14(12)16/h2-10,18H,1H3/b17-10+. The first kappa shape index (κ1) is 14.3. The normalized spacial score (nSPS) is 10.5. The van der Waals surface area contributed by atoms with Crippen LogP contribution in [0.5, 0.6) is 0 Å². The molecule has 20 heavy (non-hydrogen) atoms. The molecule has 1 N–H and O–H groups in total. The van der Waals surface area contributed by atoms with E-state index in [2.05, 4.69) is 31.2 Å². The van der Waals surface area contributed by atoms with E-state index in [0.29, 0.717) is 5.56 Å². The van der Waals surface area contributed by atoms with Crippen molar-refractivity contribution in [3.05, 3.63) is 64.1 Å². The minimum absolute atomic E-state index is 0.372. The fourth-order valence-corrected chi connectivity index (χ4v) is 1.98. The number of esters is 1. The van der Waals surface area contributed by atoms with E-state index in [9.17, 15) is 4.79 Å². The molecule has 2 rings (SSSR count). The Bertz CT molecular complexity index is 641. The van der Waals surface area contributed by atoms with Gasteiger partial charge in [0.1, 0.15) is 0 Å². The van der Waals surface area contributed by atoms with Crippen LogP contribution in [0.3, 0.4) is 0 Å². The second-order valence-electron chi connectivity index (χ2n) is 3.96. The lowest BCUT2D eigenvalue weighted by Crippen LogP contribution is -2.01. The van der Waals surface area contributed by atoms with Crippen molar-refractivity contribution in [1.82, 2.24) is 0 Å². The van der Waals surface area contributed by atoms with Gasteiger partial charge < -0.3 is 4.74 Å². The lowest BCUT2D eigenvalue weighted by molar-refractivity contribution is 0.0601. The van der Waals surface area contributed by atoms with Gasteiger partial charge in [0.05, 0.1) is 24.6 Å². The summed E-state index contributed by atoms with van der Waals surface area (Å²) in [5.41, 5.74) is 5.04. The highest BCUT2D eigenvalue weighted by Crippen LogP contribution is 2.14. The minimum atomic E-state index is -0.372. The number of nitrogens with one attached hydrogen (secondary N) is 1. The summed E-state index contributed by atoms with van der Waals surface area (Å²) in [5.74, 6) is -0.372. The van der Waals surface area contributed by atoms with E-state index >= 15 is 0 Å². The highest BCUT2D eigenvalue weighted by molar-refractivity contribution is 9.10. The number of methoxy groups -OCH3 is 1. The number of nitrogens with zero attached hydrogens (tertiary/aromatic N) is 1. The van der Waals surface area contributed by atoms with Crippen LogP contribution >= 0.6 is 15.9 Å². The summed E-state index contributed by atoms with van der Waals surface area (Å²) < 4.78 is 5.64. The molecule has 4 nitrogen and oxygen atoms in total. The zero-order valence-electron chi connectivity index (χ0n) is 10.8. The summed E-state index contributed by atoms with van der Waals surface area (Å²) in [4.78, 5) is 11.4. The van der Waals surface area contributed by atoms with Crippen molar-refractivity contribution < 1.29 is 9.53 Å². The number of ether oxygens (including phenoxy) is 1. The van der Waals surface area contributed by atoms with E-state index < -0.39 is 0 Å². The first-order chi connectivity index (χ1) is 9.70. The molecule has 0 bridgehead atoms. The van der Waals surface area contributed by atoms with Crippen LogP contribution in [0.1, 0.15) is 15.9 Å². The molecule has 0 heterocycles. The van der Waals surface area contributed by atoms with Gasteiger partial charge in [-0.25, -0.2) is 4.79 Å². The van der Waals surface area contributed by atoms with Crippen LogP contribution in [-0.4, -0.2) is 19.3 Å². The zero-order valence-corrected chi connectivity index (χ0v) is 12.4. The van der Waals surface area contributed by atoms with Crippen molar-refractivity contribution >= 4 is 33.8 Å². The Kier molecular flexibility index (Phi) is 4.90. The molecule has 2 aromatic carbocycles. The van der Waals surface area contributed by atoms with Gasteiger partial charge in [-0.3, -0.25) is 5.43 Å². The summed E-state index contributed by atoms with van der Waals surface area (Å²) in [6.45, 7) is 0. The summed E-state index contributed by atoms with van der Waals surface area (Å²) in [7, 11) is 1.35. The van der Waals surface area contributed by atoms with Crippen molar-refractivity contribution in [2.45, 2.75) is 0 Å². The van der Waals surface area contributed by atoms with Crippen LogP contribution in [0, 0.1) is 0 Å². The van der Waals surface area contributed by atoms with Gasteiger partial charge in [-0.2, -0.15) is 5.10 Å². The molecule has 0 radical (unpaired) electrons. The third-order valence-electron chi connectivity index (χ3n) is 2.59. The highest BCUT2D eigenvalue weighted by atomic mass is 79.9. The zero-order chi connectivity index (χ0) is 14.4. The predicted octanol–water partition coefficient (Wildman–Crippen LogP) is 3.68. The molecule has 0 saturated heterocycles. The molecular weight excluding hydrogens is 320 g/mol. The van der Waals surface area contributed by atoms with Gasteiger partial charge in [0.15, 0.2) is 0 Å². The van der Waals surface area contributed by atoms with Gasteiger partial charge in [0.25, 0.3) is 0 Å². The lowest BCUT2D eigenvalue weighted by atomic mass is 10.2. The monoisotopic (exact) mass is 332 g/mol. The Labute approximate surface area is 125 Å². The highest BCUT2D eigenvalue weighted by Gasteiger charge is 2.04. The number of halogens is 1. The third-order valence-corrected chi connectivity index (χ3v) is 3.31. The van der Waals surface area contributed by atoms with Crippen LogP contribution in [0.2, 0.25) is 0 Å². The van der Waals surface area contributed by atoms with Crippen LogP contribution in [0.25, 0.3) is 0 Å². The number of carbonyl (C=O) groups is 1.